The SMILES string of the molecule is CC(C)(C)[C@H]1CCc2c(sc(NC(=O)CCC3CCCC3)c2C#N)C1. The Morgan fingerprint density at radius 1 is 1.28 bits per heavy atom. The average Bonchev–Trinajstić information content (AvgIpc) is 3.18. The van der Waals surface area contributed by atoms with Gasteiger partial charge in [0.15, 0.2) is 0 Å². The van der Waals surface area contributed by atoms with Crippen LogP contribution in [0.1, 0.15) is 81.7 Å². The quantitative estimate of drug-likeness (QED) is 0.753. The highest BCUT2D eigenvalue weighted by molar-refractivity contribution is 7.16. The predicted octanol–water partition coefficient (Wildman–Crippen LogP) is 5.68. The molecular formula is C21H30N2OS. The summed E-state index contributed by atoms with van der Waals surface area (Å²) < 4.78 is 0. The first-order valence-corrected chi connectivity index (χ1v) is 10.5. The minimum Gasteiger partial charge on any atom is -0.317 e. The Hall–Kier alpha value is -1.34. The number of hydrogen-bond donors (Lipinski definition) is 1. The smallest absolute Gasteiger partial charge is 0.225 e. The third kappa shape index (κ3) is 4.26. The minimum absolute atomic E-state index is 0.0781. The van der Waals surface area contributed by atoms with E-state index in [1.54, 1.807) is 11.3 Å². The molecule has 1 heterocycles. The van der Waals surface area contributed by atoms with E-state index >= 15 is 0 Å². The third-order valence-electron chi connectivity index (χ3n) is 6.11. The number of nitrogens with one attached hydrogen (secondary N) is 1. The summed E-state index contributed by atoms with van der Waals surface area (Å²) in [5, 5.41) is 13.5. The maximum absolute atomic E-state index is 12.4. The summed E-state index contributed by atoms with van der Waals surface area (Å²) in [5.74, 6) is 1.45. The Morgan fingerprint density at radius 2 is 2.00 bits per heavy atom. The number of nitrogens with zero attached hydrogens (tertiary/aromatic N) is 1. The molecule has 0 bridgehead atoms. The van der Waals surface area contributed by atoms with Crippen LogP contribution in [0.2, 0.25) is 0 Å². The zero-order chi connectivity index (χ0) is 18.0. The Balaban J connectivity index is 1.67. The first-order chi connectivity index (χ1) is 11.9. The number of carbonyl (C=O) groups excluding carboxylic acids is 1. The van der Waals surface area contributed by atoms with E-state index < -0.39 is 0 Å². The lowest BCUT2D eigenvalue weighted by Crippen LogP contribution is -2.26. The molecule has 3 rings (SSSR count). The molecule has 3 nitrogen and oxygen atoms in total. The van der Waals surface area contributed by atoms with Crippen molar-refractivity contribution in [3.05, 3.63) is 16.0 Å². The van der Waals surface area contributed by atoms with Gasteiger partial charge in [0.1, 0.15) is 11.1 Å². The highest BCUT2D eigenvalue weighted by atomic mass is 32.1. The van der Waals surface area contributed by atoms with Crippen LogP contribution in [0.5, 0.6) is 0 Å². The lowest BCUT2D eigenvalue weighted by atomic mass is 9.72. The molecule has 1 fully saturated rings. The van der Waals surface area contributed by atoms with Crippen LogP contribution in [-0.2, 0) is 17.6 Å². The summed E-state index contributed by atoms with van der Waals surface area (Å²) in [7, 11) is 0. The van der Waals surface area contributed by atoms with Crippen molar-refractivity contribution < 1.29 is 4.79 Å². The summed E-state index contributed by atoms with van der Waals surface area (Å²) in [5.41, 5.74) is 2.21. The summed E-state index contributed by atoms with van der Waals surface area (Å²) >= 11 is 1.64. The van der Waals surface area contributed by atoms with Crippen molar-refractivity contribution in [3.8, 4) is 6.07 Å². The van der Waals surface area contributed by atoms with Crippen molar-refractivity contribution in [2.24, 2.45) is 17.3 Å². The van der Waals surface area contributed by atoms with Gasteiger partial charge in [-0.05, 0) is 48.5 Å². The molecule has 2 aliphatic carbocycles. The Kier molecular flexibility index (Phi) is 5.53. The van der Waals surface area contributed by atoms with Gasteiger partial charge in [0.25, 0.3) is 0 Å². The molecule has 0 unspecified atom stereocenters. The van der Waals surface area contributed by atoms with Gasteiger partial charge in [0.2, 0.25) is 5.91 Å². The topological polar surface area (TPSA) is 52.9 Å². The van der Waals surface area contributed by atoms with Crippen LogP contribution >= 0.6 is 11.3 Å². The molecule has 2 aliphatic rings. The number of anilines is 1. The van der Waals surface area contributed by atoms with E-state index in [1.807, 2.05) is 0 Å². The van der Waals surface area contributed by atoms with Crippen molar-refractivity contribution in [1.29, 1.82) is 5.26 Å². The van der Waals surface area contributed by atoms with Crippen molar-refractivity contribution in [3.63, 3.8) is 0 Å². The van der Waals surface area contributed by atoms with E-state index in [1.165, 1.54) is 36.1 Å². The largest absolute Gasteiger partial charge is 0.317 e. The minimum atomic E-state index is 0.0781. The zero-order valence-electron chi connectivity index (χ0n) is 15.8. The van der Waals surface area contributed by atoms with Crippen molar-refractivity contribution >= 4 is 22.2 Å². The standard InChI is InChI=1S/C21H30N2OS/c1-21(2,3)15-9-10-16-17(13-22)20(25-18(16)12-15)23-19(24)11-8-14-6-4-5-7-14/h14-15H,4-12H2,1-3H3,(H,23,24)/t15-/m0/s1. The number of carbonyl (C=O) groups is 1. The number of thiophene rings is 1. The fraction of sp³-hybridized carbons (Fsp3) is 0.714. The van der Waals surface area contributed by atoms with Crippen LogP contribution < -0.4 is 5.32 Å². The second kappa shape index (κ2) is 7.50. The lowest BCUT2D eigenvalue weighted by Gasteiger charge is -2.33. The first-order valence-electron chi connectivity index (χ1n) is 9.73. The maximum atomic E-state index is 12.4. The number of fused-ring (bicyclic) bond motifs is 1. The van der Waals surface area contributed by atoms with E-state index in [0.717, 1.165) is 42.2 Å². The first kappa shape index (κ1) is 18.5. The second-order valence-electron chi connectivity index (χ2n) is 8.86. The number of hydrogen-bond acceptors (Lipinski definition) is 3. The fourth-order valence-corrected chi connectivity index (χ4v) is 5.65. The molecule has 0 aliphatic heterocycles. The molecular weight excluding hydrogens is 328 g/mol. The zero-order valence-corrected chi connectivity index (χ0v) is 16.6. The van der Waals surface area contributed by atoms with Crippen LogP contribution in [0.4, 0.5) is 5.00 Å². The molecule has 1 N–H and O–H groups in total. The average molecular weight is 359 g/mol. The van der Waals surface area contributed by atoms with Crippen molar-refractivity contribution in [2.75, 3.05) is 5.32 Å². The molecule has 0 spiro atoms. The number of rotatable bonds is 4. The van der Waals surface area contributed by atoms with Crippen LogP contribution in [0.3, 0.4) is 0 Å². The molecule has 0 aromatic carbocycles. The second-order valence-corrected chi connectivity index (χ2v) is 9.97. The normalized spacial score (nSPS) is 21.0. The highest BCUT2D eigenvalue weighted by Crippen LogP contribution is 2.44. The molecule has 136 valence electrons. The van der Waals surface area contributed by atoms with Crippen LogP contribution in [-0.4, -0.2) is 5.91 Å². The summed E-state index contributed by atoms with van der Waals surface area (Å²) in [6.45, 7) is 6.90. The van der Waals surface area contributed by atoms with E-state index in [2.05, 4.69) is 32.2 Å². The third-order valence-corrected chi connectivity index (χ3v) is 7.28. The van der Waals surface area contributed by atoms with Crippen LogP contribution in [0.15, 0.2) is 0 Å². The fourth-order valence-electron chi connectivity index (χ4n) is 4.35. The summed E-state index contributed by atoms with van der Waals surface area (Å²) in [6, 6.07) is 2.36. The molecule has 25 heavy (non-hydrogen) atoms. The van der Waals surface area contributed by atoms with Gasteiger partial charge in [-0.3, -0.25) is 4.79 Å². The van der Waals surface area contributed by atoms with Gasteiger partial charge in [-0.1, -0.05) is 46.5 Å². The Morgan fingerprint density at radius 3 is 2.64 bits per heavy atom. The summed E-state index contributed by atoms with van der Waals surface area (Å²) in [4.78, 5) is 13.7. The monoisotopic (exact) mass is 358 g/mol. The molecule has 0 saturated heterocycles. The highest BCUT2D eigenvalue weighted by Gasteiger charge is 2.32. The van der Waals surface area contributed by atoms with Crippen molar-refractivity contribution in [2.45, 2.75) is 78.6 Å². The molecule has 1 atom stereocenters. The molecule has 4 heteroatoms. The van der Waals surface area contributed by atoms with Crippen LogP contribution in [0.25, 0.3) is 0 Å². The predicted molar refractivity (Wildman–Crippen MR) is 104 cm³/mol. The van der Waals surface area contributed by atoms with Gasteiger partial charge in [0, 0.05) is 11.3 Å². The van der Waals surface area contributed by atoms with Gasteiger partial charge in [0.05, 0.1) is 5.56 Å². The molecule has 1 aromatic heterocycles. The van der Waals surface area contributed by atoms with Gasteiger partial charge in [-0.2, -0.15) is 5.26 Å². The van der Waals surface area contributed by atoms with E-state index in [9.17, 15) is 10.1 Å². The van der Waals surface area contributed by atoms with Crippen molar-refractivity contribution in [1.82, 2.24) is 0 Å². The van der Waals surface area contributed by atoms with Gasteiger partial charge in [-0.25, -0.2) is 0 Å². The van der Waals surface area contributed by atoms with E-state index in [-0.39, 0.29) is 5.91 Å². The van der Waals surface area contributed by atoms with E-state index in [4.69, 9.17) is 0 Å². The Bertz CT molecular complexity index is 671. The van der Waals surface area contributed by atoms with Gasteiger partial charge in [-0.15, -0.1) is 11.3 Å². The lowest BCUT2D eigenvalue weighted by molar-refractivity contribution is -0.116. The number of amides is 1. The Labute approximate surface area is 155 Å². The van der Waals surface area contributed by atoms with Gasteiger partial charge < -0.3 is 5.32 Å². The maximum Gasteiger partial charge on any atom is 0.225 e. The molecule has 1 aromatic rings. The summed E-state index contributed by atoms with van der Waals surface area (Å²) in [6.07, 6.45) is 9.90. The van der Waals surface area contributed by atoms with Crippen LogP contribution in [0, 0.1) is 28.6 Å². The molecule has 1 saturated carbocycles. The van der Waals surface area contributed by atoms with Gasteiger partial charge >= 0.3 is 0 Å². The molecule has 1 amide bonds. The van der Waals surface area contributed by atoms with E-state index in [0.29, 0.717) is 17.8 Å². The molecule has 0 radical (unpaired) electrons. The number of nitriles is 1.